The third-order valence-electron chi connectivity index (χ3n) is 3.85. The van der Waals surface area contributed by atoms with Crippen molar-refractivity contribution in [2.75, 3.05) is 6.61 Å². The van der Waals surface area contributed by atoms with Gasteiger partial charge in [-0.05, 0) is 25.8 Å². The van der Waals surface area contributed by atoms with Crippen LogP contribution in [0.1, 0.15) is 44.2 Å². The Bertz CT molecular complexity index is 458. The molecule has 1 aromatic carbocycles. The summed E-state index contributed by atoms with van der Waals surface area (Å²) in [5.41, 5.74) is 5.40. The summed E-state index contributed by atoms with van der Waals surface area (Å²) in [4.78, 5) is 0. The largest absolute Gasteiger partial charge is 0.373 e. The van der Waals surface area contributed by atoms with Crippen LogP contribution < -0.4 is 5.73 Å². The number of hydrogen-bond acceptors (Lipinski definition) is 2. The molecule has 1 aliphatic carbocycles. The highest BCUT2D eigenvalue weighted by Gasteiger charge is 2.42. The molecule has 0 radical (unpaired) electrons. The molecule has 0 saturated heterocycles. The number of halogens is 3. The van der Waals surface area contributed by atoms with Crippen LogP contribution in [0.2, 0.25) is 0 Å². The van der Waals surface area contributed by atoms with Crippen LogP contribution in [-0.4, -0.2) is 12.2 Å². The van der Waals surface area contributed by atoms with Crippen molar-refractivity contribution < 1.29 is 17.9 Å². The van der Waals surface area contributed by atoms with Crippen LogP contribution in [0.25, 0.3) is 0 Å². The summed E-state index contributed by atoms with van der Waals surface area (Å²) in [6.07, 6.45) is 3.30. The molecule has 1 saturated carbocycles. The predicted octanol–water partition coefficient (Wildman–Crippen LogP) is 3.45. The minimum absolute atomic E-state index is 0.0192. The second-order valence-electron chi connectivity index (χ2n) is 4.95. The van der Waals surface area contributed by atoms with E-state index < -0.39 is 29.1 Å². The second kappa shape index (κ2) is 5.51. The van der Waals surface area contributed by atoms with Crippen molar-refractivity contribution in [1.82, 2.24) is 0 Å². The van der Waals surface area contributed by atoms with Gasteiger partial charge in [0.05, 0.1) is 11.6 Å². The molecule has 5 heteroatoms. The molecule has 1 aromatic rings. The summed E-state index contributed by atoms with van der Waals surface area (Å²) in [6.45, 7) is 2.30. The highest BCUT2D eigenvalue weighted by molar-refractivity contribution is 5.26. The molecule has 0 bridgehead atoms. The highest BCUT2D eigenvalue weighted by atomic mass is 19.2. The molecule has 19 heavy (non-hydrogen) atoms. The van der Waals surface area contributed by atoms with Crippen molar-refractivity contribution in [3.05, 3.63) is 35.1 Å². The van der Waals surface area contributed by atoms with Gasteiger partial charge >= 0.3 is 0 Å². The second-order valence-corrected chi connectivity index (χ2v) is 4.95. The Hall–Kier alpha value is -1.07. The lowest BCUT2D eigenvalue weighted by Gasteiger charge is -2.35. The first-order chi connectivity index (χ1) is 9.02. The van der Waals surface area contributed by atoms with E-state index in [1.807, 2.05) is 6.92 Å². The van der Waals surface area contributed by atoms with Crippen LogP contribution in [0.4, 0.5) is 13.2 Å². The van der Waals surface area contributed by atoms with Crippen molar-refractivity contribution in [3.63, 3.8) is 0 Å². The molecule has 1 fully saturated rings. The Morgan fingerprint density at radius 3 is 2.42 bits per heavy atom. The molecule has 106 valence electrons. The lowest BCUT2D eigenvalue weighted by molar-refractivity contribution is -0.0544. The minimum atomic E-state index is -1.47. The van der Waals surface area contributed by atoms with E-state index >= 15 is 0 Å². The van der Waals surface area contributed by atoms with Gasteiger partial charge in [-0.3, -0.25) is 0 Å². The first-order valence-electron chi connectivity index (χ1n) is 6.55. The number of hydrogen-bond donors (Lipinski definition) is 1. The standard InChI is InChI=1S/C14H18F3NO/c1-2-19-14(7-3-4-8-14)13(18)9-5-6-10(15)12(17)11(9)16/h5-6,13H,2-4,7-8,18H2,1H3. The molecule has 1 atom stereocenters. The first-order valence-corrected chi connectivity index (χ1v) is 6.55. The molecule has 1 unspecified atom stereocenters. The van der Waals surface area contributed by atoms with E-state index in [-0.39, 0.29) is 5.56 Å². The van der Waals surface area contributed by atoms with Crippen molar-refractivity contribution >= 4 is 0 Å². The minimum Gasteiger partial charge on any atom is -0.373 e. The van der Waals surface area contributed by atoms with E-state index in [9.17, 15) is 13.2 Å². The van der Waals surface area contributed by atoms with Crippen LogP contribution in [0.3, 0.4) is 0 Å². The Balaban J connectivity index is 2.37. The summed E-state index contributed by atoms with van der Waals surface area (Å²) < 4.78 is 45.8. The fraction of sp³-hybridized carbons (Fsp3) is 0.571. The van der Waals surface area contributed by atoms with Gasteiger partial charge in [0, 0.05) is 12.2 Å². The molecule has 0 heterocycles. The van der Waals surface area contributed by atoms with Crippen LogP contribution in [-0.2, 0) is 4.74 Å². The summed E-state index contributed by atoms with van der Waals surface area (Å²) >= 11 is 0. The fourth-order valence-electron chi connectivity index (χ4n) is 2.87. The third-order valence-corrected chi connectivity index (χ3v) is 3.85. The van der Waals surface area contributed by atoms with Gasteiger partial charge < -0.3 is 10.5 Å². The van der Waals surface area contributed by atoms with Gasteiger partial charge in [-0.25, -0.2) is 13.2 Å². The van der Waals surface area contributed by atoms with Crippen molar-refractivity contribution in [2.24, 2.45) is 5.73 Å². The van der Waals surface area contributed by atoms with Crippen molar-refractivity contribution in [2.45, 2.75) is 44.2 Å². The lowest BCUT2D eigenvalue weighted by Crippen LogP contribution is -2.42. The lowest BCUT2D eigenvalue weighted by atomic mass is 9.87. The molecule has 2 rings (SSSR count). The van der Waals surface area contributed by atoms with Gasteiger partial charge in [0.2, 0.25) is 0 Å². The average molecular weight is 273 g/mol. The molecule has 0 aliphatic heterocycles. The summed E-state index contributed by atoms with van der Waals surface area (Å²) in [6, 6.07) is 1.32. The zero-order chi connectivity index (χ0) is 14.0. The van der Waals surface area contributed by atoms with E-state index in [0.29, 0.717) is 19.4 Å². The third kappa shape index (κ3) is 2.49. The summed E-state index contributed by atoms with van der Waals surface area (Å²) in [7, 11) is 0. The molecule has 0 spiro atoms. The van der Waals surface area contributed by atoms with E-state index in [1.165, 1.54) is 6.07 Å². The Kier molecular flexibility index (Phi) is 4.16. The van der Waals surface area contributed by atoms with E-state index in [2.05, 4.69) is 0 Å². The Labute approximate surface area is 110 Å². The summed E-state index contributed by atoms with van der Waals surface area (Å²) in [5.74, 6) is -3.89. The monoisotopic (exact) mass is 273 g/mol. The maximum Gasteiger partial charge on any atom is 0.194 e. The number of nitrogens with two attached hydrogens (primary N) is 1. The van der Waals surface area contributed by atoms with Crippen molar-refractivity contribution in [1.29, 1.82) is 0 Å². The van der Waals surface area contributed by atoms with E-state index in [1.54, 1.807) is 0 Å². The normalized spacial score (nSPS) is 19.6. The van der Waals surface area contributed by atoms with Gasteiger partial charge in [-0.1, -0.05) is 18.9 Å². The number of ether oxygens (including phenoxy) is 1. The van der Waals surface area contributed by atoms with Gasteiger partial charge in [0.15, 0.2) is 17.5 Å². The Morgan fingerprint density at radius 2 is 1.84 bits per heavy atom. The zero-order valence-corrected chi connectivity index (χ0v) is 10.9. The molecule has 1 aliphatic rings. The van der Waals surface area contributed by atoms with E-state index in [0.717, 1.165) is 18.9 Å². The molecule has 2 nitrogen and oxygen atoms in total. The number of rotatable bonds is 4. The first kappa shape index (κ1) is 14.3. The van der Waals surface area contributed by atoms with Gasteiger partial charge in [-0.2, -0.15) is 0 Å². The van der Waals surface area contributed by atoms with Crippen molar-refractivity contribution in [3.8, 4) is 0 Å². The molecular formula is C14H18F3NO. The molecule has 0 amide bonds. The van der Waals surface area contributed by atoms with Crippen LogP contribution in [0, 0.1) is 17.5 Å². The smallest absolute Gasteiger partial charge is 0.194 e. The van der Waals surface area contributed by atoms with E-state index in [4.69, 9.17) is 10.5 Å². The quantitative estimate of drug-likeness (QED) is 0.853. The Morgan fingerprint density at radius 1 is 1.21 bits per heavy atom. The maximum absolute atomic E-state index is 13.8. The zero-order valence-electron chi connectivity index (χ0n) is 10.9. The topological polar surface area (TPSA) is 35.2 Å². The van der Waals surface area contributed by atoms with Gasteiger partial charge in [-0.15, -0.1) is 0 Å². The van der Waals surface area contributed by atoms with Gasteiger partial charge in [0.1, 0.15) is 0 Å². The molecular weight excluding hydrogens is 255 g/mol. The molecule has 2 N–H and O–H groups in total. The maximum atomic E-state index is 13.8. The molecule has 0 aromatic heterocycles. The van der Waals surface area contributed by atoms with Crippen LogP contribution in [0.15, 0.2) is 12.1 Å². The van der Waals surface area contributed by atoms with Gasteiger partial charge in [0.25, 0.3) is 0 Å². The number of benzene rings is 1. The highest BCUT2D eigenvalue weighted by Crippen LogP contribution is 2.42. The van der Waals surface area contributed by atoms with Crippen LogP contribution in [0.5, 0.6) is 0 Å². The SMILES string of the molecule is CCOC1(C(N)c2ccc(F)c(F)c2F)CCCC1. The van der Waals surface area contributed by atoms with Crippen LogP contribution >= 0.6 is 0 Å². The fourth-order valence-corrected chi connectivity index (χ4v) is 2.87. The summed E-state index contributed by atoms with van der Waals surface area (Å²) in [5, 5.41) is 0. The predicted molar refractivity (Wildman–Crippen MR) is 66.1 cm³/mol. The average Bonchev–Trinajstić information content (AvgIpc) is 2.86.